The van der Waals surface area contributed by atoms with Crippen LogP contribution in [0.15, 0.2) is 51.9 Å². The van der Waals surface area contributed by atoms with Crippen molar-refractivity contribution >= 4 is 22.5 Å². The summed E-state index contributed by atoms with van der Waals surface area (Å²) in [6, 6.07) is 8.40. The maximum absolute atomic E-state index is 12.4. The molecule has 1 heterocycles. The number of carbonyl (C=O) groups excluding carboxylic acids is 2. The average molecular weight is 356 g/mol. The van der Waals surface area contributed by atoms with E-state index < -0.39 is 5.43 Å². The van der Waals surface area contributed by atoms with Gasteiger partial charge in [-0.15, -0.1) is 0 Å². The molecule has 0 fully saturated rings. The zero-order valence-electron chi connectivity index (χ0n) is 14.0. The van der Waals surface area contributed by atoms with E-state index in [9.17, 15) is 29.7 Å². The first kappa shape index (κ1) is 18.7. The van der Waals surface area contributed by atoms with Gasteiger partial charge in [0.05, 0.1) is 5.56 Å². The van der Waals surface area contributed by atoms with Crippen molar-refractivity contribution in [2.45, 2.75) is 13.8 Å². The number of ketones is 2. The van der Waals surface area contributed by atoms with E-state index in [1.807, 2.05) is 0 Å². The zero-order valence-corrected chi connectivity index (χ0v) is 14.0. The summed E-state index contributed by atoms with van der Waals surface area (Å²) < 4.78 is 5.29. The molecule has 0 aliphatic rings. The molecule has 0 amide bonds. The van der Waals surface area contributed by atoms with Crippen molar-refractivity contribution in [2.75, 3.05) is 0 Å². The fourth-order valence-electron chi connectivity index (χ4n) is 2.06. The van der Waals surface area contributed by atoms with E-state index >= 15 is 0 Å². The Balaban J connectivity index is 0.000000352. The first-order chi connectivity index (χ1) is 12.2. The third-order valence-electron chi connectivity index (χ3n) is 3.52. The summed E-state index contributed by atoms with van der Waals surface area (Å²) >= 11 is 0. The molecule has 134 valence electrons. The van der Waals surface area contributed by atoms with Crippen molar-refractivity contribution in [3.05, 3.63) is 52.9 Å². The van der Waals surface area contributed by atoms with Crippen LogP contribution >= 0.6 is 0 Å². The highest BCUT2D eigenvalue weighted by molar-refractivity contribution is 6.35. The van der Waals surface area contributed by atoms with Gasteiger partial charge in [0.2, 0.25) is 5.43 Å². The van der Waals surface area contributed by atoms with Crippen LogP contribution in [-0.4, -0.2) is 26.9 Å². The number of hydrogen-bond acceptors (Lipinski definition) is 7. The van der Waals surface area contributed by atoms with E-state index in [1.54, 1.807) is 12.1 Å². The number of phenols is 3. The van der Waals surface area contributed by atoms with Gasteiger partial charge in [0.15, 0.2) is 11.6 Å². The van der Waals surface area contributed by atoms with Crippen LogP contribution in [0.4, 0.5) is 0 Å². The van der Waals surface area contributed by atoms with Crippen LogP contribution < -0.4 is 5.43 Å². The molecule has 7 heteroatoms. The highest BCUT2D eigenvalue weighted by Crippen LogP contribution is 2.29. The van der Waals surface area contributed by atoms with Gasteiger partial charge >= 0.3 is 0 Å². The molecular weight excluding hydrogens is 340 g/mol. The maximum Gasteiger partial charge on any atom is 0.204 e. The van der Waals surface area contributed by atoms with Gasteiger partial charge in [-0.05, 0) is 17.7 Å². The van der Waals surface area contributed by atoms with Gasteiger partial charge < -0.3 is 19.7 Å². The Labute approximate surface area is 147 Å². The van der Waals surface area contributed by atoms with Gasteiger partial charge in [-0.1, -0.05) is 12.1 Å². The van der Waals surface area contributed by atoms with Crippen molar-refractivity contribution in [1.29, 1.82) is 0 Å². The maximum atomic E-state index is 12.4. The number of aromatic hydroxyl groups is 3. The standard InChI is InChI=1S/C15H10O5.C4H6O2/c16-9-3-1-8(2-4-9)11-7-20-13-6-10(17)5-12(18)14(13)15(11)19;1-3(5)4(2)6/h1-7,16-18H;1-2H3. The predicted octanol–water partition coefficient (Wildman–Crippen LogP) is 2.74. The van der Waals surface area contributed by atoms with Crippen LogP contribution in [0.1, 0.15) is 13.8 Å². The zero-order chi connectivity index (χ0) is 19.4. The normalized spacial score (nSPS) is 10.1. The molecule has 0 aliphatic carbocycles. The second-order valence-electron chi connectivity index (χ2n) is 5.48. The molecule has 3 rings (SSSR count). The first-order valence-electron chi connectivity index (χ1n) is 7.49. The van der Waals surface area contributed by atoms with E-state index in [0.29, 0.717) is 5.56 Å². The minimum Gasteiger partial charge on any atom is -0.508 e. The molecule has 0 atom stereocenters. The highest BCUT2D eigenvalue weighted by Gasteiger charge is 2.13. The van der Waals surface area contributed by atoms with Gasteiger partial charge in [0.25, 0.3) is 0 Å². The monoisotopic (exact) mass is 356 g/mol. The number of hydrogen-bond donors (Lipinski definition) is 3. The SMILES string of the molecule is CC(=O)C(C)=O.O=c1c(-c2ccc(O)cc2)coc2cc(O)cc(O)c12. The molecule has 0 spiro atoms. The fraction of sp³-hybridized carbons (Fsp3) is 0.105. The molecule has 0 unspecified atom stereocenters. The first-order valence-corrected chi connectivity index (χ1v) is 7.49. The van der Waals surface area contributed by atoms with Crippen molar-refractivity contribution in [3.8, 4) is 28.4 Å². The lowest BCUT2D eigenvalue weighted by Gasteiger charge is -2.05. The summed E-state index contributed by atoms with van der Waals surface area (Å²) in [5.74, 6) is -1.19. The summed E-state index contributed by atoms with van der Waals surface area (Å²) in [7, 11) is 0. The summed E-state index contributed by atoms with van der Waals surface area (Å²) in [6.07, 6.45) is 1.26. The van der Waals surface area contributed by atoms with Crippen LogP contribution in [0, 0.1) is 0 Å². The molecule has 0 aliphatic heterocycles. The van der Waals surface area contributed by atoms with E-state index in [4.69, 9.17) is 4.42 Å². The molecule has 2 aromatic carbocycles. The molecule has 1 aromatic heterocycles. The molecule has 7 nitrogen and oxygen atoms in total. The number of phenolic OH excluding ortho intramolecular Hbond substituents is 3. The lowest BCUT2D eigenvalue weighted by molar-refractivity contribution is -0.134. The second-order valence-corrected chi connectivity index (χ2v) is 5.48. The van der Waals surface area contributed by atoms with Crippen LogP contribution in [0.2, 0.25) is 0 Å². The van der Waals surface area contributed by atoms with Gasteiger partial charge in [-0.3, -0.25) is 14.4 Å². The Bertz CT molecular complexity index is 1020. The molecule has 3 aromatic rings. The van der Waals surface area contributed by atoms with Crippen molar-refractivity contribution < 1.29 is 29.3 Å². The quantitative estimate of drug-likeness (QED) is 0.603. The smallest absolute Gasteiger partial charge is 0.204 e. The minimum atomic E-state index is -0.408. The largest absolute Gasteiger partial charge is 0.508 e. The third-order valence-corrected chi connectivity index (χ3v) is 3.52. The lowest BCUT2D eigenvalue weighted by Crippen LogP contribution is -2.04. The average Bonchev–Trinajstić information content (AvgIpc) is 2.56. The van der Waals surface area contributed by atoms with Crippen LogP contribution in [-0.2, 0) is 9.59 Å². The molecular formula is C19H16O7. The van der Waals surface area contributed by atoms with Crippen LogP contribution in [0.3, 0.4) is 0 Å². The lowest BCUT2D eigenvalue weighted by atomic mass is 10.0. The van der Waals surface area contributed by atoms with Crippen LogP contribution in [0.5, 0.6) is 17.2 Å². The molecule has 3 N–H and O–H groups in total. The van der Waals surface area contributed by atoms with Gasteiger partial charge in [0, 0.05) is 26.0 Å². The Kier molecular flexibility index (Phi) is 5.42. The molecule has 26 heavy (non-hydrogen) atoms. The number of rotatable bonds is 2. The second kappa shape index (κ2) is 7.52. The van der Waals surface area contributed by atoms with Gasteiger partial charge in [-0.2, -0.15) is 0 Å². The topological polar surface area (TPSA) is 125 Å². The van der Waals surface area contributed by atoms with Gasteiger partial charge in [-0.25, -0.2) is 0 Å². The highest BCUT2D eigenvalue weighted by atomic mass is 16.3. The van der Waals surface area contributed by atoms with Crippen molar-refractivity contribution in [2.24, 2.45) is 0 Å². The van der Waals surface area contributed by atoms with E-state index in [-0.39, 0.29) is 45.3 Å². The molecule has 0 bridgehead atoms. The summed E-state index contributed by atoms with van der Waals surface area (Å²) in [5.41, 5.74) is 0.522. The number of benzene rings is 2. The molecule has 0 saturated heterocycles. The Morgan fingerprint density at radius 1 is 0.885 bits per heavy atom. The number of carbonyl (C=O) groups is 2. The van der Waals surface area contributed by atoms with Gasteiger partial charge in [0.1, 0.15) is 34.5 Å². The summed E-state index contributed by atoms with van der Waals surface area (Å²) in [5, 5.41) is 28.4. The van der Waals surface area contributed by atoms with Crippen LogP contribution in [0.25, 0.3) is 22.1 Å². The number of fused-ring (bicyclic) bond motifs is 1. The summed E-state index contributed by atoms with van der Waals surface area (Å²) in [6.45, 7) is 2.50. The summed E-state index contributed by atoms with van der Waals surface area (Å²) in [4.78, 5) is 32.0. The Morgan fingerprint density at radius 2 is 1.46 bits per heavy atom. The molecule has 0 radical (unpaired) electrons. The van der Waals surface area contributed by atoms with E-state index in [0.717, 1.165) is 6.07 Å². The predicted molar refractivity (Wildman–Crippen MR) is 94.3 cm³/mol. The van der Waals surface area contributed by atoms with Crippen molar-refractivity contribution in [1.82, 2.24) is 0 Å². The Morgan fingerprint density at radius 3 is 2.00 bits per heavy atom. The van der Waals surface area contributed by atoms with E-state index in [2.05, 4.69) is 0 Å². The third kappa shape index (κ3) is 4.07. The Hall–Kier alpha value is -3.61. The van der Waals surface area contributed by atoms with E-state index in [1.165, 1.54) is 38.3 Å². The molecule has 0 saturated carbocycles. The fourth-order valence-corrected chi connectivity index (χ4v) is 2.06. The minimum absolute atomic E-state index is 0.00775. The number of Topliss-reactive ketones (excluding diaryl/α,β-unsaturated/α-hetero) is 2. The van der Waals surface area contributed by atoms with Crippen molar-refractivity contribution in [3.63, 3.8) is 0 Å².